The molecule has 0 atom stereocenters. The highest BCUT2D eigenvalue weighted by molar-refractivity contribution is 6.29. The van der Waals surface area contributed by atoms with Crippen LogP contribution in [-0.2, 0) is 6.54 Å². The van der Waals surface area contributed by atoms with Gasteiger partial charge < -0.3 is 9.47 Å². The van der Waals surface area contributed by atoms with Gasteiger partial charge in [-0.05, 0) is 39.2 Å². The van der Waals surface area contributed by atoms with E-state index < -0.39 is 0 Å². The first-order valence-electron chi connectivity index (χ1n) is 7.36. The molecule has 0 bridgehead atoms. The molecular weight excluding hydrogens is 296 g/mol. The molecule has 3 rings (SSSR count). The maximum atomic E-state index is 6.02. The molecule has 0 spiro atoms. The van der Waals surface area contributed by atoms with Crippen LogP contribution in [0.1, 0.15) is 6.42 Å². The Bertz CT molecular complexity index is 779. The fraction of sp³-hybridized carbons (Fsp3) is 0.294. The van der Waals surface area contributed by atoms with Crippen molar-refractivity contribution >= 4 is 22.5 Å². The van der Waals surface area contributed by atoms with E-state index in [1.165, 1.54) is 17.2 Å². The highest BCUT2D eigenvalue weighted by atomic mass is 35.5. The summed E-state index contributed by atoms with van der Waals surface area (Å²) in [7, 11) is 4.19. The van der Waals surface area contributed by atoms with Crippen LogP contribution >= 0.6 is 11.6 Å². The number of halogens is 1. The van der Waals surface area contributed by atoms with E-state index in [-0.39, 0.29) is 0 Å². The Hall–Kier alpha value is -1.91. The number of nitrogens with zero attached hydrogens (tertiary/aromatic N) is 4. The van der Waals surface area contributed by atoms with E-state index in [4.69, 9.17) is 11.6 Å². The summed E-state index contributed by atoms with van der Waals surface area (Å²) in [5.41, 5.74) is 3.18. The quantitative estimate of drug-likeness (QED) is 0.673. The average molecular weight is 315 g/mol. The minimum Gasteiger partial charge on any atom is -0.339 e. The van der Waals surface area contributed by atoms with E-state index in [1.807, 2.05) is 6.07 Å². The smallest absolute Gasteiger partial charge is 0.133 e. The van der Waals surface area contributed by atoms with Crippen LogP contribution in [-0.4, -0.2) is 40.1 Å². The van der Waals surface area contributed by atoms with Crippen LogP contribution in [0.5, 0.6) is 0 Å². The van der Waals surface area contributed by atoms with E-state index in [2.05, 4.69) is 63.9 Å². The summed E-state index contributed by atoms with van der Waals surface area (Å²) >= 11 is 6.02. The van der Waals surface area contributed by atoms with Crippen molar-refractivity contribution in [2.45, 2.75) is 13.0 Å². The summed E-state index contributed by atoms with van der Waals surface area (Å²) < 4.78 is 2.32. The molecule has 0 radical (unpaired) electrons. The third-order valence-corrected chi connectivity index (χ3v) is 3.90. The molecule has 5 heteroatoms. The highest BCUT2D eigenvalue weighted by Gasteiger charge is 2.12. The first-order chi connectivity index (χ1) is 10.6. The van der Waals surface area contributed by atoms with Crippen molar-refractivity contribution in [2.75, 3.05) is 20.6 Å². The number of hydrogen-bond donors (Lipinski definition) is 0. The standard InChI is InChI=1S/C17H19ClN4/c1-21(2)8-5-9-22-15-7-4-3-6-13(15)10-16(22)14-11-17(18)20-12-19-14/h3-4,6-7,10-12H,5,8-9H2,1-2H3. The zero-order valence-corrected chi connectivity index (χ0v) is 13.6. The Morgan fingerprint density at radius 1 is 1.14 bits per heavy atom. The van der Waals surface area contributed by atoms with Gasteiger partial charge in [-0.15, -0.1) is 0 Å². The molecule has 0 aliphatic carbocycles. The van der Waals surface area contributed by atoms with Gasteiger partial charge in [-0.3, -0.25) is 0 Å². The second kappa shape index (κ2) is 6.46. The van der Waals surface area contributed by atoms with Crippen LogP contribution in [0.15, 0.2) is 42.7 Å². The Kier molecular flexibility index (Phi) is 4.41. The minimum atomic E-state index is 0.468. The lowest BCUT2D eigenvalue weighted by Gasteiger charge is -2.13. The van der Waals surface area contributed by atoms with E-state index in [0.29, 0.717) is 5.15 Å². The second-order valence-electron chi connectivity index (χ2n) is 5.62. The maximum absolute atomic E-state index is 6.02. The molecule has 0 N–H and O–H groups in total. The van der Waals surface area contributed by atoms with Gasteiger partial charge in [0.15, 0.2) is 0 Å². The van der Waals surface area contributed by atoms with Crippen molar-refractivity contribution in [3.05, 3.63) is 47.9 Å². The molecule has 0 amide bonds. The molecule has 0 unspecified atom stereocenters. The zero-order chi connectivity index (χ0) is 15.5. The number of aromatic nitrogens is 3. The molecule has 22 heavy (non-hydrogen) atoms. The summed E-state index contributed by atoms with van der Waals surface area (Å²) in [4.78, 5) is 10.6. The average Bonchev–Trinajstić information content (AvgIpc) is 2.86. The minimum absolute atomic E-state index is 0.468. The van der Waals surface area contributed by atoms with E-state index in [9.17, 15) is 0 Å². The van der Waals surface area contributed by atoms with Crippen LogP contribution in [0.4, 0.5) is 0 Å². The third-order valence-electron chi connectivity index (χ3n) is 3.69. The predicted octanol–water partition coefficient (Wildman–Crippen LogP) is 3.70. The Morgan fingerprint density at radius 3 is 2.73 bits per heavy atom. The number of para-hydroxylation sites is 1. The van der Waals surface area contributed by atoms with Gasteiger partial charge in [0.05, 0.1) is 11.4 Å². The lowest BCUT2D eigenvalue weighted by molar-refractivity contribution is 0.388. The van der Waals surface area contributed by atoms with Crippen molar-refractivity contribution < 1.29 is 0 Å². The molecule has 2 aromatic heterocycles. The number of aryl methyl sites for hydroxylation is 1. The second-order valence-corrected chi connectivity index (χ2v) is 6.01. The topological polar surface area (TPSA) is 34.0 Å². The van der Waals surface area contributed by atoms with Gasteiger partial charge in [0.25, 0.3) is 0 Å². The molecule has 0 saturated carbocycles. The normalized spacial score (nSPS) is 11.5. The van der Waals surface area contributed by atoms with Gasteiger partial charge in [-0.1, -0.05) is 29.8 Å². The molecule has 0 aliphatic heterocycles. The monoisotopic (exact) mass is 314 g/mol. The van der Waals surface area contributed by atoms with Gasteiger partial charge in [0, 0.05) is 23.5 Å². The SMILES string of the molecule is CN(C)CCCn1c(-c2cc(Cl)ncn2)cc2ccccc21. The summed E-state index contributed by atoms with van der Waals surface area (Å²) in [5, 5.41) is 1.69. The first kappa shape index (κ1) is 15.0. The third kappa shape index (κ3) is 3.13. The molecule has 0 fully saturated rings. The number of rotatable bonds is 5. The van der Waals surface area contributed by atoms with Crippen molar-refractivity contribution in [1.82, 2.24) is 19.4 Å². The molecule has 4 nitrogen and oxygen atoms in total. The summed E-state index contributed by atoms with van der Waals surface area (Å²) in [6.45, 7) is 2.00. The largest absolute Gasteiger partial charge is 0.339 e. The van der Waals surface area contributed by atoms with E-state index >= 15 is 0 Å². The Balaban J connectivity index is 2.04. The van der Waals surface area contributed by atoms with Crippen molar-refractivity contribution in [3.8, 4) is 11.4 Å². The molecule has 114 valence electrons. The van der Waals surface area contributed by atoms with Crippen LogP contribution in [0, 0.1) is 0 Å². The molecule has 0 saturated heterocycles. The molecular formula is C17H19ClN4. The van der Waals surface area contributed by atoms with Crippen molar-refractivity contribution in [1.29, 1.82) is 0 Å². The first-order valence-corrected chi connectivity index (χ1v) is 7.74. The Labute approximate surface area is 135 Å². The summed E-state index contributed by atoms with van der Waals surface area (Å²) in [6, 6.07) is 12.4. The van der Waals surface area contributed by atoms with Gasteiger partial charge in [0.2, 0.25) is 0 Å². The maximum Gasteiger partial charge on any atom is 0.133 e. The Morgan fingerprint density at radius 2 is 1.95 bits per heavy atom. The predicted molar refractivity (Wildman–Crippen MR) is 91.1 cm³/mol. The van der Waals surface area contributed by atoms with Crippen LogP contribution in [0.25, 0.3) is 22.3 Å². The van der Waals surface area contributed by atoms with Gasteiger partial charge in [-0.2, -0.15) is 0 Å². The molecule has 3 aromatic rings. The molecule has 2 heterocycles. The number of benzene rings is 1. The fourth-order valence-electron chi connectivity index (χ4n) is 2.68. The lowest BCUT2D eigenvalue weighted by Crippen LogP contribution is -2.15. The van der Waals surface area contributed by atoms with Gasteiger partial charge in [-0.25, -0.2) is 9.97 Å². The van der Waals surface area contributed by atoms with E-state index in [0.717, 1.165) is 30.9 Å². The van der Waals surface area contributed by atoms with Crippen LogP contribution in [0.2, 0.25) is 5.15 Å². The van der Waals surface area contributed by atoms with Crippen LogP contribution < -0.4 is 0 Å². The molecule has 0 aliphatic rings. The van der Waals surface area contributed by atoms with Gasteiger partial charge in [0.1, 0.15) is 11.5 Å². The highest BCUT2D eigenvalue weighted by Crippen LogP contribution is 2.28. The van der Waals surface area contributed by atoms with Gasteiger partial charge >= 0.3 is 0 Å². The summed E-state index contributed by atoms with van der Waals surface area (Å²) in [5.74, 6) is 0. The zero-order valence-electron chi connectivity index (χ0n) is 12.8. The van der Waals surface area contributed by atoms with Crippen molar-refractivity contribution in [3.63, 3.8) is 0 Å². The van der Waals surface area contributed by atoms with Crippen molar-refractivity contribution in [2.24, 2.45) is 0 Å². The molecule has 1 aromatic carbocycles. The number of fused-ring (bicyclic) bond motifs is 1. The number of hydrogen-bond acceptors (Lipinski definition) is 3. The summed E-state index contributed by atoms with van der Waals surface area (Å²) in [6.07, 6.45) is 2.59. The van der Waals surface area contributed by atoms with E-state index in [1.54, 1.807) is 0 Å². The lowest BCUT2D eigenvalue weighted by atomic mass is 10.2. The fourth-order valence-corrected chi connectivity index (χ4v) is 2.83. The van der Waals surface area contributed by atoms with Crippen LogP contribution in [0.3, 0.4) is 0 Å².